The van der Waals surface area contributed by atoms with Crippen LogP contribution in [0.15, 0.2) is 18.2 Å². The van der Waals surface area contributed by atoms with Crippen LogP contribution in [0.1, 0.15) is 41.6 Å². The van der Waals surface area contributed by atoms with Gasteiger partial charge in [-0.2, -0.15) is 0 Å². The van der Waals surface area contributed by atoms with Crippen LogP contribution >= 0.6 is 23.2 Å². The van der Waals surface area contributed by atoms with Crippen LogP contribution in [-0.4, -0.2) is 29.3 Å². The third-order valence-electron chi connectivity index (χ3n) is 3.73. The molecule has 1 heterocycles. The molecule has 1 saturated heterocycles. The lowest BCUT2D eigenvalue weighted by atomic mass is 10.1. The first kappa shape index (κ1) is 14.7. The van der Waals surface area contributed by atoms with Gasteiger partial charge in [0.25, 0.3) is 5.91 Å². The minimum atomic E-state index is 0.0609. The molecule has 104 valence electrons. The molecule has 1 amide bonds. The maximum Gasteiger partial charge on any atom is 0.255 e. The van der Waals surface area contributed by atoms with Gasteiger partial charge in [0.1, 0.15) is 0 Å². The maximum absolute atomic E-state index is 12.6. The topological polar surface area (TPSA) is 20.3 Å². The molecule has 1 unspecified atom stereocenters. The normalized spacial score (nSPS) is 18.9. The van der Waals surface area contributed by atoms with Crippen LogP contribution in [0.5, 0.6) is 0 Å². The molecule has 1 fully saturated rings. The molecule has 1 atom stereocenters. The third-order valence-corrected chi connectivity index (χ3v) is 4.50. The van der Waals surface area contributed by atoms with Crippen molar-refractivity contribution in [3.63, 3.8) is 0 Å². The molecule has 0 aromatic heterocycles. The first-order valence-electron chi connectivity index (χ1n) is 6.77. The van der Waals surface area contributed by atoms with Gasteiger partial charge in [-0.3, -0.25) is 4.79 Å². The van der Waals surface area contributed by atoms with Crippen molar-refractivity contribution in [1.29, 1.82) is 0 Å². The lowest BCUT2D eigenvalue weighted by molar-refractivity contribution is 0.0730. The highest BCUT2D eigenvalue weighted by Crippen LogP contribution is 2.27. The monoisotopic (exact) mass is 299 g/mol. The summed E-state index contributed by atoms with van der Waals surface area (Å²) in [5, 5.41) is 0.579. The molecule has 0 N–H and O–H groups in total. The number of aryl methyl sites for hydroxylation is 1. The quantitative estimate of drug-likeness (QED) is 0.760. The second-order valence-corrected chi connectivity index (χ2v) is 5.82. The fourth-order valence-corrected chi connectivity index (χ4v) is 3.04. The Morgan fingerprint density at radius 2 is 2.26 bits per heavy atom. The van der Waals surface area contributed by atoms with E-state index in [1.807, 2.05) is 30.0 Å². The summed E-state index contributed by atoms with van der Waals surface area (Å²) in [7, 11) is 0. The fourth-order valence-electron chi connectivity index (χ4n) is 2.68. The number of carbonyl (C=O) groups excluding carboxylic acids is 1. The largest absolute Gasteiger partial charge is 0.336 e. The lowest BCUT2D eigenvalue weighted by Crippen LogP contribution is -2.35. The van der Waals surface area contributed by atoms with E-state index in [2.05, 4.69) is 0 Å². The summed E-state index contributed by atoms with van der Waals surface area (Å²) in [6.07, 6.45) is 4.09. The zero-order valence-electron chi connectivity index (χ0n) is 11.2. The smallest absolute Gasteiger partial charge is 0.255 e. The number of alkyl halides is 1. The van der Waals surface area contributed by atoms with Crippen molar-refractivity contribution in [2.75, 3.05) is 12.4 Å². The first-order valence-corrected chi connectivity index (χ1v) is 7.68. The van der Waals surface area contributed by atoms with Crippen LogP contribution in [-0.2, 0) is 0 Å². The Morgan fingerprint density at radius 3 is 3.00 bits per heavy atom. The molecule has 1 aromatic carbocycles. The molecule has 0 radical (unpaired) electrons. The van der Waals surface area contributed by atoms with E-state index in [-0.39, 0.29) is 5.91 Å². The van der Waals surface area contributed by atoms with Gasteiger partial charge in [-0.25, -0.2) is 0 Å². The number of halogens is 2. The molecule has 1 aliphatic heterocycles. The zero-order valence-corrected chi connectivity index (χ0v) is 12.7. The summed E-state index contributed by atoms with van der Waals surface area (Å²) in [6, 6.07) is 5.95. The number of carbonyl (C=O) groups is 1. The molecule has 1 aromatic rings. The Labute approximate surface area is 124 Å². The fraction of sp³-hybridized carbons (Fsp3) is 0.533. The highest BCUT2D eigenvalue weighted by atomic mass is 35.5. The number of amides is 1. The van der Waals surface area contributed by atoms with Crippen LogP contribution in [0.4, 0.5) is 0 Å². The van der Waals surface area contributed by atoms with Gasteiger partial charge in [0.05, 0.1) is 10.6 Å². The standard InChI is InChI=1S/C15H19Cl2NO/c1-11-5-2-8-13(14(11)17)15(19)18-10-4-7-12(18)6-3-9-16/h2,5,8,12H,3-4,6-7,9-10H2,1H3. The highest BCUT2D eigenvalue weighted by Gasteiger charge is 2.29. The molecular weight excluding hydrogens is 281 g/mol. The van der Waals surface area contributed by atoms with E-state index in [1.54, 1.807) is 0 Å². The number of likely N-dealkylation sites (tertiary alicyclic amines) is 1. The molecule has 4 heteroatoms. The minimum absolute atomic E-state index is 0.0609. The van der Waals surface area contributed by atoms with Gasteiger partial charge in [-0.05, 0) is 44.2 Å². The van der Waals surface area contributed by atoms with Gasteiger partial charge in [0.2, 0.25) is 0 Å². The third kappa shape index (κ3) is 3.24. The Kier molecular flexibility index (Phi) is 5.12. The van der Waals surface area contributed by atoms with Gasteiger partial charge in [-0.1, -0.05) is 23.7 Å². The SMILES string of the molecule is Cc1cccc(C(=O)N2CCCC2CCCCl)c1Cl. The number of hydrogen-bond acceptors (Lipinski definition) is 1. The summed E-state index contributed by atoms with van der Waals surface area (Å²) >= 11 is 12.0. The summed E-state index contributed by atoms with van der Waals surface area (Å²) in [5.41, 5.74) is 1.57. The molecule has 0 saturated carbocycles. The van der Waals surface area contributed by atoms with Gasteiger partial charge in [0.15, 0.2) is 0 Å². The Morgan fingerprint density at radius 1 is 1.47 bits per heavy atom. The number of benzene rings is 1. The van der Waals surface area contributed by atoms with Crippen LogP contribution < -0.4 is 0 Å². The van der Waals surface area contributed by atoms with E-state index in [1.165, 1.54) is 0 Å². The van der Waals surface area contributed by atoms with E-state index in [9.17, 15) is 4.79 Å². The van der Waals surface area contributed by atoms with Gasteiger partial charge in [0, 0.05) is 18.5 Å². The maximum atomic E-state index is 12.6. The van der Waals surface area contributed by atoms with Crippen LogP contribution in [0.3, 0.4) is 0 Å². The second-order valence-electron chi connectivity index (χ2n) is 5.06. The zero-order chi connectivity index (χ0) is 13.8. The van der Waals surface area contributed by atoms with E-state index >= 15 is 0 Å². The van der Waals surface area contributed by atoms with E-state index < -0.39 is 0 Å². The van der Waals surface area contributed by atoms with Crippen LogP contribution in [0, 0.1) is 6.92 Å². The molecule has 19 heavy (non-hydrogen) atoms. The first-order chi connectivity index (χ1) is 9.15. The summed E-state index contributed by atoms with van der Waals surface area (Å²) < 4.78 is 0. The van der Waals surface area contributed by atoms with E-state index in [4.69, 9.17) is 23.2 Å². The number of nitrogens with zero attached hydrogens (tertiary/aromatic N) is 1. The molecular formula is C15H19Cl2NO. The molecule has 2 rings (SSSR count). The van der Waals surface area contributed by atoms with Gasteiger partial charge in [-0.15, -0.1) is 11.6 Å². The van der Waals surface area contributed by atoms with Gasteiger partial charge >= 0.3 is 0 Å². The average molecular weight is 300 g/mol. The Balaban J connectivity index is 2.16. The molecule has 0 aliphatic carbocycles. The van der Waals surface area contributed by atoms with Crippen LogP contribution in [0.25, 0.3) is 0 Å². The summed E-state index contributed by atoms with van der Waals surface area (Å²) in [6.45, 7) is 2.75. The molecule has 0 bridgehead atoms. The molecule has 2 nitrogen and oxygen atoms in total. The molecule has 0 spiro atoms. The van der Waals surface area contributed by atoms with Crippen molar-refractivity contribution in [2.45, 2.75) is 38.6 Å². The second kappa shape index (κ2) is 6.62. The summed E-state index contributed by atoms with van der Waals surface area (Å²) in [5.74, 6) is 0.717. The van der Waals surface area contributed by atoms with E-state index in [0.29, 0.717) is 22.5 Å². The van der Waals surface area contributed by atoms with Crippen molar-refractivity contribution in [2.24, 2.45) is 0 Å². The number of rotatable bonds is 4. The Hall–Kier alpha value is -0.730. The van der Waals surface area contributed by atoms with Crippen molar-refractivity contribution in [1.82, 2.24) is 4.90 Å². The van der Waals surface area contributed by atoms with Crippen molar-refractivity contribution in [3.8, 4) is 0 Å². The van der Waals surface area contributed by atoms with E-state index in [0.717, 1.165) is 37.8 Å². The lowest BCUT2D eigenvalue weighted by Gasteiger charge is -2.25. The number of hydrogen-bond donors (Lipinski definition) is 0. The molecule has 1 aliphatic rings. The highest BCUT2D eigenvalue weighted by molar-refractivity contribution is 6.34. The predicted molar refractivity (Wildman–Crippen MR) is 80.2 cm³/mol. The average Bonchev–Trinajstić information content (AvgIpc) is 2.87. The minimum Gasteiger partial charge on any atom is -0.336 e. The van der Waals surface area contributed by atoms with Crippen molar-refractivity contribution >= 4 is 29.1 Å². The van der Waals surface area contributed by atoms with Gasteiger partial charge < -0.3 is 4.90 Å². The van der Waals surface area contributed by atoms with Crippen molar-refractivity contribution in [3.05, 3.63) is 34.3 Å². The van der Waals surface area contributed by atoms with Crippen molar-refractivity contribution < 1.29 is 4.79 Å². The van der Waals surface area contributed by atoms with Crippen LogP contribution in [0.2, 0.25) is 5.02 Å². The predicted octanol–water partition coefficient (Wildman–Crippen LogP) is 4.27. The Bertz CT molecular complexity index is 461. The summed E-state index contributed by atoms with van der Waals surface area (Å²) in [4.78, 5) is 14.6.